The van der Waals surface area contributed by atoms with Gasteiger partial charge in [0.25, 0.3) is 0 Å². The second kappa shape index (κ2) is 5.75. The lowest BCUT2D eigenvalue weighted by Gasteiger charge is -2.44. The van der Waals surface area contributed by atoms with Crippen molar-refractivity contribution >= 4 is 34.5 Å². The fraction of sp³-hybridized carbons (Fsp3) is 0.600. The first-order valence-electron chi connectivity index (χ1n) is 7.36. The molecule has 7 heteroatoms. The van der Waals surface area contributed by atoms with E-state index in [0.29, 0.717) is 19.7 Å². The Balaban J connectivity index is 1.71. The minimum atomic E-state index is -0.470. The molecule has 1 saturated heterocycles. The molecule has 2 aliphatic rings. The van der Waals surface area contributed by atoms with Crippen LogP contribution in [0, 0.1) is 3.57 Å². The lowest BCUT2D eigenvalue weighted by Crippen LogP contribution is -2.59. The maximum atomic E-state index is 12.2. The Bertz CT molecular complexity index is 588. The van der Waals surface area contributed by atoms with Crippen LogP contribution >= 0.6 is 22.6 Å². The summed E-state index contributed by atoms with van der Waals surface area (Å²) in [6.07, 6.45) is 1.58. The molecule has 2 aliphatic heterocycles. The number of rotatable bonds is 0. The number of pyridine rings is 1. The number of piperazine rings is 1. The minimum absolute atomic E-state index is 0.126. The van der Waals surface area contributed by atoms with Crippen LogP contribution in [-0.4, -0.2) is 53.9 Å². The molecule has 1 aromatic rings. The van der Waals surface area contributed by atoms with E-state index in [9.17, 15) is 4.79 Å². The third-order valence-electron chi connectivity index (χ3n) is 3.64. The number of nitrogens with zero attached hydrogens (tertiary/aromatic N) is 3. The first-order chi connectivity index (χ1) is 10.3. The zero-order valence-corrected chi connectivity index (χ0v) is 15.2. The lowest BCUT2D eigenvalue weighted by molar-refractivity contribution is 0.0194. The van der Waals surface area contributed by atoms with Crippen molar-refractivity contribution < 1.29 is 14.3 Å². The highest BCUT2D eigenvalue weighted by Crippen LogP contribution is 2.34. The maximum absolute atomic E-state index is 12.2. The first kappa shape index (κ1) is 15.6. The van der Waals surface area contributed by atoms with Crippen LogP contribution in [0.25, 0.3) is 0 Å². The molecule has 0 N–H and O–H groups in total. The molecule has 3 heterocycles. The Morgan fingerprint density at radius 1 is 1.45 bits per heavy atom. The molecule has 0 bridgehead atoms. The van der Waals surface area contributed by atoms with Gasteiger partial charge < -0.3 is 19.3 Å². The number of hydrogen-bond acceptors (Lipinski definition) is 5. The third-order valence-corrected chi connectivity index (χ3v) is 4.23. The van der Waals surface area contributed by atoms with Gasteiger partial charge in [0.1, 0.15) is 12.2 Å². The summed E-state index contributed by atoms with van der Waals surface area (Å²) in [6, 6.07) is 2.13. The Labute approximate surface area is 143 Å². The normalized spacial score (nSPS) is 20.8. The van der Waals surface area contributed by atoms with Gasteiger partial charge in [0.05, 0.1) is 6.04 Å². The summed E-state index contributed by atoms with van der Waals surface area (Å²) in [7, 11) is 0. The molecule has 1 atom stereocenters. The molecular weight excluding hydrogens is 397 g/mol. The smallest absolute Gasteiger partial charge is 0.410 e. The highest BCUT2D eigenvalue weighted by molar-refractivity contribution is 14.1. The number of aromatic nitrogens is 1. The maximum Gasteiger partial charge on any atom is 0.410 e. The Kier molecular flexibility index (Phi) is 4.09. The largest absolute Gasteiger partial charge is 0.487 e. The number of halogens is 1. The van der Waals surface area contributed by atoms with Gasteiger partial charge in [-0.25, -0.2) is 9.78 Å². The van der Waals surface area contributed by atoms with Gasteiger partial charge in [-0.15, -0.1) is 0 Å². The summed E-state index contributed by atoms with van der Waals surface area (Å²) in [6.45, 7) is 8.19. The summed E-state index contributed by atoms with van der Waals surface area (Å²) in [5.41, 5.74) is -0.470. The molecule has 22 heavy (non-hydrogen) atoms. The third kappa shape index (κ3) is 3.23. The molecule has 0 radical (unpaired) electrons. The highest BCUT2D eigenvalue weighted by atomic mass is 127. The van der Waals surface area contributed by atoms with E-state index >= 15 is 0 Å². The molecule has 0 saturated carbocycles. The van der Waals surface area contributed by atoms with Gasteiger partial charge in [-0.1, -0.05) is 0 Å². The minimum Gasteiger partial charge on any atom is -0.487 e. The highest BCUT2D eigenvalue weighted by Gasteiger charge is 2.36. The van der Waals surface area contributed by atoms with Gasteiger partial charge in [-0.2, -0.15) is 0 Å². The van der Waals surface area contributed by atoms with E-state index in [1.54, 1.807) is 4.90 Å². The van der Waals surface area contributed by atoms with E-state index in [2.05, 4.69) is 32.5 Å². The van der Waals surface area contributed by atoms with Crippen LogP contribution in [0.2, 0.25) is 0 Å². The fourth-order valence-electron chi connectivity index (χ4n) is 2.69. The quantitative estimate of drug-likeness (QED) is 0.608. The van der Waals surface area contributed by atoms with Crippen LogP contribution in [0.15, 0.2) is 12.3 Å². The van der Waals surface area contributed by atoms with Crippen molar-refractivity contribution in [1.29, 1.82) is 0 Å². The fourth-order valence-corrected chi connectivity index (χ4v) is 3.11. The van der Waals surface area contributed by atoms with Crippen molar-refractivity contribution in [2.24, 2.45) is 0 Å². The molecule has 1 aromatic heterocycles. The van der Waals surface area contributed by atoms with Crippen molar-refractivity contribution in [3.63, 3.8) is 0 Å². The number of carbonyl (C=O) groups is 1. The molecule has 1 fully saturated rings. The SMILES string of the molecule is CC(C)(C)OC(=O)N1CCN2c3ncc(I)cc3OC[C@@H]2C1. The van der Waals surface area contributed by atoms with E-state index < -0.39 is 5.60 Å². The zero-order valence-electron chi connectivity index (χ0n) is 13.0. The van der Waals surface area contributed by atoms with Crippen LogP contribution in [0.5, 0.6) is 5.75 Å². The van der Waals surface area contributed by atoms with Crippen molar-refractivity contribution in [2.45, 2.75) is 32.4 Å². The summed E-state index contributed by atoms with van der Waals surface area (Å²) in [5, 5.41) is 0. The van der Waals surface area contributed by atoms with E-state index in [0.717, 1.165) is 21.7 Å². The van der Waals surface area contributed by atoms with Crippen molar-refractivity contribution in [2.75, 3.05) is 31.1 Å². The summed E-state index contributed by atoms with van der Waals surface area (Å²) >= 11 is 2.23. The monoisotopic (exact) mass is 417 g/mol. The second-order valence-electron chi connectivity index (χ2n) is 6.56. The van der Waals surface area contributed by atoms with Crippen molar-refractivity contribution in [1.82, 2.24) is 9.88 Å². The molecular formula is C15H20IN3O3. The molecule has 0 aliphatic carbocycles. The summed E-state index contributed by atoms with van der Waals surface area (Å²) < 4.78 is 12.3. The number of anilines is 1. The van der Waals surface area contributed by atoms with E-state index in [-0.39, 0.29) is 12.1 Å². The van der Waals surface area contributed by atoms with Crippen LogP contribution in [-0.2, 0) is 4.74 Å². The van der Waals surface area contributed by atoms with Crippen LogP contribution < -0.4 is 9.64 Å². The zero-order chi connectivity index (χ0) is 15.9. The van der Waals surface area contributed by atoms with Gasteiger partial charge in [0.2, 0.25) is 0 Å². The van der Waals surface area contributed by atoms with Gasteiger partial charge in [0.15, 0.2) is 11.6 Å². The van der Waals surface area contributed by atoms with Gasteiger partial charge in [-0.3, -0.25) is 0 Å². The molecule has 0 spiro atoms. The van der Waals surface area contributed by atoms with Gasteiger partial charge in [-0.05, 0) is 49.4 Å². The number of fused-ring (bicyclic) bond motifs is 3. The summed E-state index contributed by atoms with van der Waals surface area (Å²) in [5.74, 6) is 1.70. The van der Waals surface area contributed by atoms with E-state index in [4.69, 9.17) is 9.47 Å². The summed E-state index contributed by atoms with van der Waals surface area (Å²) in [4.78, 5) is 20.7. The standard InChI is InChI=1S/C15H20IN3O3/c1-15(2,3)22-14(20)18-4-5-19-11(8-18)9-21-12-6-10(16)7-17-13(12)19/h6-7,11H,4-5,8-9H2,1-3H3/t11-/m0/s1. The Morgan fingerprint density at radius 3 is 2.95 bits per heavy atom. The van der Waals surface area contributed by atoms with E-state index in [1.807, 2.05) is 33.0 Å². The predicted octanol–water partition coefficient (Wildman–Crippen LogP) is 2.50. The number of amides is 1. The van der Waals surface area contributed by atoms with Crippen molar-refractivity contribution in [3.05, 3.63) is 15.8 Å². The molecule has 6 nitrogen and oxygen atoms in total. The van der Waals surface area contributed by atoms with E-state index in [1.165, 1.54) is 0 Å². The number of hydrogen-bond donors (Lipinski definition) is 0. The lowest BCUT2D eigenvalue weighted by atomic mass is 10.1. The van der Waals surface area contributed by atoms with Gasteiger partial charge >= 0.3 is 6.09 Å². The second-order valence-corrected chi connectivity index (χ2v) is 7.81. The molecule has 3 rings (SSSR count). The molecule has 120 valence electrons. The number of carbonyl (C=O) groups excluding carboxylic acids is 1. The van der Waals surface area contributed by atoms with Gasteiger partial charge in [0, 0.05) is 29.4 Å². The van der Waals surface area contributed by atoms with Crippen LogP contribution in [0.1, 0.15) is 20.8 Å². The van der Waals surface area contributed by atoms with Crippen LogP contribution in [0.4, 0.5) is 10.6 Å². The first-order valence-corrected chi connectivity index (χ1v) is 8.44. The average molecular weight is 417 g/mol. The topological polar surface area (TPSA) is 54.9 Å². The molecule has 1 amide bonds. The predicted molar refractivity (Wildman–Crippen MR) is 91.4 cm³/mol. The molecule has 0 aromatic carbocycles. The van der Waals surface area contributed by atoms with Crippen molar-refractivity contribution in [3.8, 4) is 5.75 Å². The van der Waals surface area contributed by atoms with Crippen LogP contribution in [0.3, 0.4) is 0 Å². The average Bonchev–Trinajstić information content (AvgIpc) is 2.44. The Morgan fingerprint density at radius 2 is 2.23 bits per heavy atom. The Hall–Kier alpha value is -1.25. The molecule has 0 unspecified atom stereocenters. The number of ether oxygens (including phenoxy) is 2.